The van der Waals surface area contributed by atoms with Crippen molar-refractivity contribution < 1.29 is 22.7 Å². The van der Waals surface area contributed by atoms with Crippen molar-refractivity contribution >= 4 is 5.97 Å². The van der Waals surface area contributed by atoms with Gasteiger partial charge in [-0.3, -0.25) is 4.79 Å². The number of nitrogens with two attached hydrogens (primary N) is 1. The number of carbonyl (C=O) groups excluding carboxylic acids is 1. The molecule has 0 saturated heterocycles. The quantitative estimate of drug-likeness (QED) is 0.638. The first-order chi connectivity index (χ1) is 7.45. The first-order valence-electron chi connectivity index (χ1n) is 4.42. The molecule has 0 amide bonds. The average molecular weight is 233 g/mol. The van der Waals surface area contributed by atoms with E-state index < -0.39 is 29.5 Å². The summed E-state index contributed by atoms with van der Waals surface area (Å²) in [5.74, 6) is -4.22. The number of methoxy groups -OCH3 is 1. The van der Waals surface area contributed by atoms with Crippen LogP contribution in [0.1, 0.15) is 18.0 Å². The highest BCUT2D eigenvalue weighted by Crippen LogP contribution is 2.21. The molecular formula is C10H10F3NO2. The summed E-state index contributed by atoms with van der Waals surface area (Å²) in [6, 6.07) is 0.0214. The number of halogens is 3. The van der Waals surface area contributed by atoms with Crippen LogP contribution in [0, 0.1) is 17.5 Å². The van der Waals surface area contributed by atoms with E-state index in [4.69, 9.17) is 5.73 Å². The van der Waals surface area contributed by atoms with E-state index in [-0.39, 0.29) is 12.0 Å². The molecule has 0 spiro atoms. The molecule has 0 aliphatic heterocycles. The molecule has 88 valence electrons. The van der Waals surface area contributed by atoms with Crippen molar-refractivity contribution in [2.24, 2.45) is 5.73 Å². The average Bonchev–Trinajstić information content (AvgIpc) is 2.22. The maximum absolute atomic E-state index is 13.2. The number of carbonyl (C=O) groups is 1. The molecule has 0 fully saturated rings. The molecule has 1 rings (SSSR count). The second-order valence-corrected chi connectivity index (χ2v) is 3.18. The van der Waals surface area contributed by atoms with Crippen molar-refractivity contribution in [2.75, 3.05) is 7.11 Å². The monoisotopic (exact) mass is 233 g/mol. The molecule has 0 saturated carbocycles. The lowest BCUT2D eigenvalue weighted by molar-refractivity contribution is -0.141. The van der Waals surface area contributed by atoms with Gasteiger partial charge in [0.15, 0.2) is 11.6 Å². The molecule has 0 radical (unpaired) electrons. The fourth-order valence-electron chi connectivity index (χ4n) is 1.22. The standard InChI is InChI=1S/C10H10F3NO2/c1-16-9(15)4-8(14)6-2-5(11)3-7(12)10(6)13/h2-3,8H,4,14H2,1H3/t8-/m1/s1. The highest BCUT2D eigenvalue weighted by atomic mass is 19.2. The topological polar surface area (TPSA) is 52.3 Å². The number of hydrogen-bond acceptors (Lipinski definition) is 3. The van der Waals surface area contributed by atoms with Gasteiger partial charge < -0.3 is 10.5 Å². The van der Waals surface area contributed by atoms with Crippen LogP contribution in [0.3, 0.4) is 0 Å². The van der Waals surface area contributed by atoms with Crippen molar-refractivity contribution in [3.63, 3.8) is 0 Å². The van der Waals surface area contributed by atoms with Crippen LogP contribution in [0.25, 0.3) is 0 Å². The highest BCUT2D eigenvalue weighted by Gasteiger charge is 2.19. The Kier molecular flexibility index (Phi) is 3.89. The van der Waals surface area contributed by atoms with E-state index in [1.807, 2.05) is 0 Å². The van der Waals surface area contributed by atoms with E-state index in [9.17, 15) is 18.0 Å². The van der Waals surface area contributed by atoms with Gasteiger partial charge in [0.2, 0.25) is 0 Å². The zero-order chi connectivity index (χ0) is 12.3. The molecule has 0 aromatic heterocycles. The van der Waals surface area contributed by atoms with Crippen LogP contribution in [-0.2, 0) is 9.53 Å². The van der Waals surface area contributed by atoms with Crippen LogP contribution in [0.5, 0.6) is 0 Å². The molecule has 16 heavy (non-hydrogen) atoms. The molecule has 1 aromatic carbocycles. The summed E-state index contributed by atoms with van der Waals surface area (Å²) in [6.45, 7) is 0. The smallest absolute Gasteiger partial charge is 0.307 e. The third-order valence-electron chi connectivity index (χ3n) is 2.03. The van der Waals surface area contributed by atoms with E-state index in [2.05, 4.69) is 4.74 Å². The van der Waals surface area contributed by atoms with E-state index in [1.165, 1.54) is 0 Å². The maximum atomic E-state index is 13.2. The molecule has 0 aliphatic rings. The largest absolute Gasteiger partial charge is 0.469 e. The highest BCUT2D eigenvalue weighted by molar-refractivity contribution is 5.70. The van der Waals surface area contributed by atoms with Crippen molar-refractivity contribution in [3.05, 3.63) is 35.1 Å². The molecule has 0 unspecified atom stereocenters. The van der Waals surface area contributed by atoms with E-state index >= 15 is 0 Å². The minimum atomic E-state index is -1.34. The number of benzene rings is 1. The minimum absolute atomic E-state index is 0.351. The number of hydrogen-bond donors (Lipinski definition) is 1. The second-order valence-electron chi connectivity index (χ2n) is 3.18. The SMILES string of the molecule is COC(=O)C[C@@H](N)c1cc(F)cc(F)c1F. The Morgan fingerprint density at radius 1 is 1.44 bits per heavy atom. The normalized spacial score (nSPS) is 12.3. The summed E-state index contributed by atoms with van der Waals surface area (Å²) in [5.41, 5.74) is 5.05. The Morgan fingerprint density at radius 3 is 2.62 bits per heavy atom. The van der Waals surface area contributed by atoms with Crippen molar-refractivity contribution in [1.29, 1.82) is 0 Å². The summed E-state index contributed by atoms with van der Waals surface area (Å²) >= 11 is 0. The third kappa shape index (κ3) is 2.73. The van der Waals surface area contributed by atoms with Gasteiger partial charge in [0.05, 0.1) is 13.5 Å². The Bertz CT molecular complexity index is 409. The molecule has 0 aliphatic carbocycles. The first kappa shape index (κ1) is 12.5. The van der Waals surface area contributed by atoms with Crippen molar-refractivity contribution in [2.45, 2.75) is 12.5 Å². The van der Waals surface area contributed by atoms with Crippen LogP contribution in [0.15, 0.2) is 12.1 Å². The van der Waals surface area contributed by atoms with Gasteiger partial charge in [-0.05, 0) is 6.07 Å². The number of rotatable bonds is 3. The van der Waals surface area contributed by atoms with Gasteiger partial charge in [-0.15, -0.1) is 0 Å². The Balaban J connectivity index is 2.99. The maximum Gasteiger partial charge on any atom is 0.307 e. The van der Waals surface area contributed by atoms with E-state index in [1.54, 1.807) is 0 Å². The van der Waals surface area contributed by atoms with Gasteiger partial charge in [-0.25, -0.2) is 13.2 Å². The van der Waals surface area contributed by atoms with E-state index in [0.717, 1.165) is 13.2 Å². The molecular weight excluding hydrogens is 223 g/mol. The summed E-state index contributed by atoms with van der Waals surface area (Å²) in [5, 5.41) is 0. The molecule has 3 nitrogen and oxygen atoms in total. The predicted octanol–water partition coefficient (Wildman–Crippen LogP) is 1.67. The van der Waals surface area contributed by atoms with Crippen LogP contribution in [0.2, 0.25) is 0 Å². The van der Waals surface area contributed by atoms with Crippen LogP contribution in [0.4, 0.5) is 13.2 Å². The fourth-order valence-corrected chi connectivity index (χ4v) is 1.22. The van der Waals surface area contributed by atoms with Gasteiger partial charge in [-0.1, -0.05) is 0 Å². The van der Waals surface area contributed by atoms with E-state index in [0.29, 0.717) is 6.07 Å². The zero-order valence-electron chi connectivity index (χ0n) is 8.47. The fraction of sp³-hybridized carbons (Fsp3) is 0.300. The summed E-state index contributed by atoms with van der Waals surface area (Å²) < 4.78 is 43.2. The first-order valence-corrected chi connectivity index (χ1v) is 4.42. The lowest BCUT2D eigenvalue weighted by Crippen LogP contribution is -2.18. The number of ether oxygens (including phenoxy) is 1. The molecule has 6 heteroatoms. The van der Waals surface area contributed by atoms with Gasteiger partial charge in [0.25, 0.3) is 0 Å². The summed E-state index contributed by atoms with van der Waals surface area (Å²) in [7, 11) is 1.14. The molecule has 0 heterocycles. The number of esters is 1. The minimum Gasteiger partial charge on any atom is -0.469 e. The van der Waals surface area contributed by atoms with Gasteiger partial charge in [-0.2, -0.15) is 0 Å². The van der Waals surface area contributed by atoms with Crippen LogP contribution < -0.4 is 5.73 Å². The van der Waals surface area contributed by atoms with Crippen LogP contribution >= 0.6 is 0 Å². The second kappa shape index (κ2) is 4.98. The lowest BCUT2D eigenvalue weighted by atomic mass is 10.0. The lowest BCUT2D eigenvalue weighted by Gasteiger charge is -2.12. The molecule has 1 aromatic rings. The van der Waals surface area contributed by atoms with Crippen molar-refractivity contribution in [1.82, 2.24) is 0 Å². The Morgan fingerprint density at radius 2 is 2.06 bits per heavy atom. The third-order valence-corrected chi connectivity index (χ3v) is 2.03. The Hall–Kier alpha value is -1.56. The Labute approximate surface area is 90.0 Å². The molecule has 0 bridgehead atoms. The summed E-state index contributed by atoms with van der Waals surface area (Å²) in [4.78, 5) is 10.9. The molecule has 2 N–H and O–H groups in total. The van der Waals surface area contributed by atoms with Gasteiger partial charge in [0, 0.05) is 17.7 Å². The van der Waals surface area contributed by atoms with Crippen LogP contribution in [-0.4, -0.2) is 13.1 Å². The zero-order valence-corrected chi connectivity index (χ0v) is 8.47. The van der Waals surface area contributed by atoms with Crippen molar-refractivity contribution in [3.8, 4) is 0 Å². The van der Waals surface area contributed by atoms with Gasteiger partial charge in [0.1, 0.15) is 5.82 Å². The predicted molar refractivity (Wildman–Crippen MR) is 49.9 cm³/mol. The molecule has 1 atom stereocenters. The van der Waals surface area contributed by atoms with Gasteiger partial charge >= 0.3 is 5.97 Å². The summed E-state index contributed by atoms with van der Waals surface area (Å²) in [6.07, 6.45) is -0.351.